The van der Waals surface area contributed by atoms with Gasteiger partial charge in [0.25, 0.3) is 5.91 Å². The van der Waals surface area contributed by atoms with Crippen LogP contribution in [0.2, 0.25) is 0 Å². The highest BCUT2D eigenvalue weighted by Crippen LogP contribution is 2.32. The lowest BCUT2D eigenvalue weighted by Crippen LogP contribution is -2.13. The van der Waals surface area contributed by atoms with Crippen molar-refractivity contribution in [3.63, 3.8) is 0 Å². The average Bonchev–Trinajstić information content (AvgIpc) is 3.10. The first-order chi connectivity index (χ1) is 11.1. The molecule has 4 rings (SSSR count). The number of thiazole rings is 1. The Bertz CT molecular complexity index is 897. The summed E-state index contributed by atoms with van der Waals surface area (Å²) in [5, 5.41) is 11.6. The predicted molar refractivity (Wildman–Crippen MR) is 89.0 cm³/mol. The van der Waals surface area contributed by atoms with Gasteiger partial charge in [-0.05, 0) is 44.2 Å². The molecule has 0 spiro atoms. The van der Waals surface area contributed by atoms with E-state index in [0.29, 0.717) is 16.6 Å². The number of carbonyl (C=O) groups is 1. The second-order valence-electron chi connectivity index (χ2n) is 6.08. The van der Waals surface area contributed by atoms with E-state index in [1.165, 1.54) is 11.3 Å². The van der Waals surface area contributed by atoms with Gasteiger partial charge in [0.1, 0.15) is 5.82 Å². The van der Waals surface area contributed by atoms with Crippen LogP contribution in [0.3, 0.4) is 0 Å². The zero-order chi connectivity index (χ0) is 16.0. The number of aryl methyl sites for hydroxylation is 2. The van der Waals surface area contributed by atoms with Gasteiger partial charge in [-0.2, -0.15) is 0 Å². The number of hydrogen-bond donors (Lipinski definition) is 1. The molecule has 1 aliphatic carbocycles. The van der Waals surface area contributed by atoms with Gasteiger partial charge < -0.3 is 0 Å². The van der Waals surface area contributed by atoms with Crippen LogP contribution in [0.15, 0.2) is 18.3 Å². The molecular weight excluding hydrogens is 310 g/mol. The van der Waals surface area contributed by atoms with E-state index in [4.69, 9.17) is 0 Å². The fourth-order valence-electron chi connectivity index (χ4n) is 2.90. The number of hydrogen-bond acceptors (Lipinski definition) is 5. The lowest BCUT2D eigenvalue weighted by molar-refractivity contribution is 0.102. The van der Waals surface area contributed by atoms with Gasteiger partial charge >= 0.3 is 0 Å². The van der Waals surface area contributed by atoms with Crippen LogP contribution in [-0.2, 0) is 12.8 Å². The molecule has 7 heteroatoms. The first-order valence-electron chi connectivity index (χ1n) is 7.71. The molecule has 0 fully saturated rings. The lowest BCUT2D eigenvalue weighted by atomic mass is 9.93. The van der Waals surface area contributed by atoms with E-state index in [-0.39, 0.29) is 5.91 Å². The van der Waals surface area contributed by atoms with Gasteiger partial charge in [-0.3, -0.25) is 14.5 Å². The van der Waals surface area contributed by atoms with Crippen LogP contribution in [0.25, 0.3) is 5.65 Å². The van der Waals surface area contributed by atoms with Crippen LogP contribution in [0.1, 0.15) is 40.1 Å². The third-order valence-corrected chi connectivity index (χ3v) is 5.28. The van der Waals surface area contributed by atoms with Crippen molar-refractivity contribution in [3.8, 4) is 0 Å². The number of nitrogens with one attached hydrogen (secondary N) is 1. The molecule has 23 heavy (non-hydrogen) atoms. The molecule has 3 heterocycles. The quantitative estimate of drug-likeness (QED) is 0.785. The molecule has 0 aliphatic heterocycles. The summed E-state index contributed by atoms with van der Waals surface area (Å²) < 4.78 is 1.81. The number of rotatable bonds is 2. The van der Waals surface area contributed by atoms with E-state index in [9.17, 15) is 4.79 Å². The minimum absolute atomic E-state index is 0.154. The second-order valence-corrected chi connectivity index (χ2v) is 7.17. The average molecular weight is 327 g/mol. The van der Waals surface area contributed by atoms with E-state index in [2.05, 4.69) is 27.4 Å². The van der Waals surface area contributed by atoms with Crippen LogP contribution in [0.5, 0.6) is 0 Å². The molecule has 1 atom stereocenters. The third kappa shape index (κ3) is 2.61. The summed E-state index contributed by atoms with van der Waals surface area (Å²) in [7, 11) is 0. The summed E-state index contributed by atoms with van der Waals surface area (Å²) in [6, 6.07) is 3.55. The molecule has 0 saturated carbocycles. The van der Waals surface area contributed by atoms with Gasteiger partial charge in [0.2, 0.25) is 0 Å². The van der Waals surface area contributed by atoms with Crippen LogP contribution in [-0.4, -0.2) is 25.5 Å². The number of fused-ring (bicyclic) bond motifs is 2. The Morgan fingerprint density at radius 2 is 2.26 bits per heavy atom. The van der Waals surface area contributed by atoms with E-state index in [1.54, 1.807) is 29.7 Å². The van der Waals surface area contributed by atoms with Gasteiger partial charge in [0.15, 0.2) is 10.8 Å². The number of aromatic nitrogens is 4. The van der Waals surface area contributed by atoms with Crippen LogP contribution in [0, 0.1) is 12.8 Å². The Kier molecular flexibility index (Phi) is 3.37. The molecule has 6 nitrogen and oxygen atoms in total. The first-order valence-corrected chi connectivity index (χ1v) is 8.53. The summed E-state index contributed by atoms with van der Waals surface area (Å²) >= 11 is 1.60. The Balaban J connectivity index is 1.58. The maximum absolute atomic E-state index is 12.5. The number of amides is 1. The topological polar surface area (TPSA) is 72.2 Å². The molecule has 118 valence electrons. The van der Waals surface area contributed by atoms with Crippen LogP contribution < -0.4 is 5.32 Å². The summed E-state index contributed by atoms with van der Waals surface area (Å²) in [5.41, 5.74) is 2.45. The van der Waals surface area contributed by atoms with E-state index < -0.39 is 0 Å². The summed E-state index contributed by atoms with van der Waals surface area (Å²) in [4.78, 5) is 18.4. The molecule has 0 bridgehead atoms. The Hall–Kier alpha value is -2.28. The summed E-state index contributed by atoms with van der Waals surface area (Å²) in [6.07, 6.45) is 5.01. The van der Waals surface area contributed by atoms with Crippen LogP contribution >= 0.6 is 11.3 Å². The van der Waals surface area contributed by atoms with Crippen molar-refractivity contribution in [1.29, 1.82) is 0 Å². The van der Waals surface area contributed by atoms with Crippen molar-refractivity contribution < 1.29 is 4.79 Å². The van der Waals surface area contributed by atoms with E-state index in [0.717, 1.165) is 30.0 Å². The van der Waals surface area contributed by atoms with Gasteiger partial charge in [-0.1, -0.05) is 6.92 Å². The fraction of sp³-hybridized carbons (Fsp3) is 0.375. The minimum Gasteiger partial charge on any atom is -0.298 e. The SMILES string of the molecule is Cc1nnc2ccc(C(=O)Nc3nc4c(s3)CC(C)CC4)cn12. The highest BCUT2D eigenvalue weighted by atomic mass is 32.1. The van der Waals surface area contributed by atoms with Crippen molar-refractivity contribution in [2.45, 2.75) is 33.1 Å². The Labute approximate surface area is 137 Å². The fourth-order valence-corrected chi connectivity index (χ4v) is 4.07. The number of carbonyl (C=O) groups excluding carboxylic acids is 1. The Morgan fingerprint density at radius 3 is 3.13 bits per heavy atom. The third-order valence-electron chi connectivity index (χ3n) is 4.24. The maximum atomic E-state index is 12.5. The summed E-state index contributed by atoms with van der Waals surface area (Å²) in [6.45, 7) is 4.12. The lowest BCUT2D eigenvalue weighted by Gasteiger charge is -2.15. The normalized spacial score (nSPS) is 17.2. The van der Waals surface area contributed by atoms with Crippen molar-refractivity contribution in [1.82, 2.24) is 19.6 Å². The largest absolute Gasteiger partial charge is 0.298 e. The van der Waals surface area contributed by atoms with Crippen LogP contribution in [0.4, 0.5) is 5.13 Å². The Morgan fingerprint density at radius 1 is 1.39 bits per heavy atom. The second kappa shape index (κ2) is 5.42. The molecule has 1 amide bonds. The van der Waals surface area contributed by atoms with Gasteiger partial charge in [0.05, 0.1) is 11.3 Å². The molecule has 0 aromatic carbocycles. The monoisotopic (exact) mass is 327 g/mol. The first kappa shape index (κ1) is 14.3. The smallest absolute Gasteiger partial charge is 0.258 e. The van der Waals surface area contributed by atoms with Gasteiger partial charge in [-0.25, -0.2) is 4.98 Å². The molecule has 3 aromatic heterocycles. The maximum Gasteiger partial charge on any atom is 0.258 e. The standard InChI is InChI=1S/C16H17N5OS/c1-9-3-5-12-13(7-9)23-16(17-12)18-15(22)11-4-6-14-20-19-10(2)21(14)8-11/h4,6,8-9H,3,5,7H2,1-2H3,(H,17,18,22). The highest BCUT2D eigenvalue weighted by Gasteiger charge is 2.20. The molecular formula is C16H17N5OS. The van der Waals surface area contributed by atoms with Crippen molar-refractivity contribution in [2.24, 2.45) is 5.92 Å². The van der Waals surface area contributed by atoms with Crippen molar-refractivity contribution in [2.75, 3.05) is 5.32 Å². The predicted octanol–water partition coefficient (Wildman–Crippen LogP) is 2.87. The number of nitrogens with zero attached hydrogens (tertiary/aromatic N) is 4. The molecule has 0 radical (unpaired) electrons. The zero-order valence-corrected chi connectivity index (χ0v) is 13.9. The molecule has 1 aliphatic rings. The van der Waals surface area contributed by atoms with Gasteiger partial charge in [0, 0.05) is 11.1 Å². The molecule has 1 unspecified atom stereocenters. The minimum atomic E-state index is -0.154. The number of pyridine rings is 1. The van der Waals surface area contributed by atoms with Gasteiger partial charge in [-0.15, -0.1) is 21.5 Å². The summed E-state index contributed by atoms with van der Waals surface area (Å²) in [5.74, 6) is 1.30. The highest BCUT2D eigenvalue weighted by molar-refractivity contribution is 7.15. The van der Waals surface area contributed by atoms with E-state index >= 15 is 0 Å². The van der Waals surface area contributed by atoms with E-state index in [1.807, 2.05) is 11.3 Å². The molecule has 1 N–H and O–H groups in total. The molecule has 3 aromatic rings. The zero-order valence-electron chi connectivity index (χ0n) is 13.0. The molecule has 0 saturated heterocycles. The van der Waals surface area contributed by atoms with Crippen molar-refractivity contribution >= 4 is 28.0 Å². The number of anilines is 1. The van der Waals surface area contributed by atoms with Crippen molar-refractivity contribution in [3.05, 3.63) is 40.3 Å².